The van der Waals surface area contributed by atoms with E-state index < -0.39 is 0 Å². The van der Waals surface area contributed by atoms with Crippen LogP contribution in [-0.4, -0.2) is 0 Å². The summed E-state index contributed by atoms with van der Waals surface area (Å²) in [5.74, 6) is 0. The molecule has 0 aliphatic carbocycles. The highest BCUT2D eigenvalue weighted by atomic mass is 14.6. The van der Waals surface area contributed by atoms with Gasteiger partial charge < -0.3 is 17.2 Å². The van der Waals surface area contributed by atoms with Gasteiger partial charge in [-0.15, -0.1) is 0 Å². The average Bonchev–Trinajstić information content (AvgIpc) is 2.84. The summed E-state index contributed by atoms with van der Waals surface area (Å²) in [7, 11) is 0. The van der Waals surface area contributed by atoms with Gasteiger partial charge in [-0.05, 0) is 124 Å². The first-order chi connectivity index (χ1) is 15.9. The standard InChI is InChI=1S/C30H33N3/c1-4-19-13-22(7-10-28(19)31)25-16-26(23-8-11-29(32)20(5-2)14-23)18-27(17-25)24-9-12-30(33)21(6-3)15-24/h7-18H,4-6,31-33H2,1-3H3. The summed E-state index contributed by atoms with van der Waals surface area (Å²) in [5.41, 5.74) is 31.6. The normalized spacial score (nSPS) is 11.0. The zero-order valence-corrected chi connectivity index (χ0v) is 19.8. The fraction of sp³-hybridized carbons (Fsp3) is 0.200. The summed E-state index contributed by atoms with van der Waals surface area (Å²) in [6.45, 7) is 6.41. The molecule has 0 spiro atoms. The van der Waals surface area contributed by atoms with Crippen LogP contribution in [0.15, 0.2) is 72.8 Å². The second kappa shape index (κ2) is 9.41. The maximum absolute atomic E-state index is 6.19. The first-order valence-corrected chi connectivity index (χ1v) is 11.7. The zero-order valence-electron chi connectivity index (χ0n) is 19.8. The molecule has 0 heterocycles. The van der Waals surface area contributed by atoms with Crippen LogP contribution in [0.25, 0.3) is 33.4 Å². The molecule has 4 rings (SSSR count). The van der Waals surface area contributed by atoms with E-state index >= 15 is 0 Å². The minimum absolute atomic E-state index is 0.842. The number of benzene rings is 4. The van der Waals surface area contributed by atoms with Gasteiger partial charge in [-0.2, -0.15) is 0 Å². The third kappa shape index (κ3) is 4.58. The van der Waals surface area contributed by atoms with Gasteiger partial charge in [0.15, 0.2) is 0 Å². The second-order valence-electron chi connectivity index (χ2n) is 8.60. The quantitative estimate of drug-likeness (QED) is 0.282. The van der Waals surface area contributed by atoms with Crippen molar-refractivity contribution >= 4 is 17.1 Å². The molecule has 0 unspecified atom stereocenters. The Bertz CT molecular complexity index is 1130. The van der Waals surface area contributed by atoms with Crippen LogP contribution in [0, 0.1) is 0 Å². The van der Waals surface area contributed by atoms with E-state index in [0.29, 0.717) is 0 Å². The molecule has 4 aromatic carbocycles. The van der Waals surface area contributed by atoms with Crippen LogP contribution in [-0.2, 0) is 19.3 Å². The topological polar surface area (TPSA) is 78.1 Å². The van der Waals surface area contributed by atoms with Crippen molar-refractivity contribution in [3.05, 3.63) is 89.5 Å². The lowest BCUT2D eigenvalue weighted by atomic mass is 9.91. The van der Waals surface area contributed by atoms with Crippen LogP contribution < -0.4 is 17.2 Å². The highest BCUT2D eigenvalue weighted by Crippen LogP contribution is 2.35. The summed E-state index contributed by atoms with van der Waals surface area (Å²) >= 11 is 0. The van der Waals surface area contributed by atoms with Gasteiger partial charge in [-0.25, -0.2) is 0 Å². The highest BCUT2D eigenvalue weighted by Gasteiger charge is 2.11. The molecule has 3 nitrogen and oxygen atoms in total. The Kier molecular flexibility index (Phi) is 6.41. The molecule has 3 heteroatoms. The summed E-state index contributed by atoms with van der Waals surface area (Å²) in [4.78, 5) is 0. The third-order valence-electron chi connectivity index (χ3n) is 6.50. The molecule has 0 aliphatic heterocycles. The third-order valence-corrected chi connectivity index (χ3v) is 6.50. The Morgan fingerprint density at radius 2 is 0.667 bits per heavy atom. The number of rotatable bonds is 6. The summed E-state index contributed by atoms with van der Waals surface area (Å²) < 4.78 is 0. The maximum atomic E-state index is 6.19. The number of hydrogen-bond acceptors (Lipinski definition) is 3. The van der Waals surface area contributed by atoms with Crippen LogP contribution in [0.1, 0.15) is 37.5 Å². The van der Waals surface area contributed by atoms with Gasteiger partial charge in [-0.3, -0.25) is 0 Å². The molecule has 0 saturated heterocycles. The molecule has 0 aliphatic rings. The van der Waals surface area contributed by atoms with Gasteiger partial charge in [0.05, 0.1) is 0 Å². The molecular formula is C30H33N3. The predicted octanol–water partition coefficient (Wildman–Crippen LogP) is 7.12. The first kappa shape index (κ1) is 22.5. The molecule has 0 saturated carbocycles. The monoisotopic (exact) mass is 435 g/mol. The van der Waals surface area contributed by atoms with E-state index in [-0.39, 0.29) is 0 Å². The van der Waals surface area contributed by atoms with Crippen molar-refractivity contribution in [2.24, 2.45) is 0 Å². The number of hydrogen-bond donors (Lipinski definition) is 3. The van der Waals surface area contributed by atoms with Crippen molar-refractivity contribution < 1.29 is 0 Å². The van der Waals surface area contributed by atoms with Crippen molar-refractivity contribution in [2.75, 3.05) is 17.2 Å². The van der Waals surface area contributed by atoms with Gasteiger partial charge in [0, 0.05) is 17.1 Å². The number of aryl methyl sites for hydroxylation is 3. The van der Waals surface area contributed by atoms with E-state index in [1.54, 1.807) is 0 Å². The molecule has 0 aromatic heterocycles. The van der Waals surface area contributed by atoms with Gasteiger partial charge in [0.1, 0.15) is 0 Å². The van der Waals surface area contributed by atoms with Crippen LogP contribution in [0.3, 0.4) is 0 Å². The fourth-order valence-corrected chi connectivity index (χ4v) is 4.40. The smallest absolute Gasteiger partial charge is 0.0346 e. The van der Waals surface area contributed by atoms with Crippen LogP contribution in [0.4, 0.5) is 17.1 Å². The van der Waals surface area contributed by atoms with E-state index in [0.717, 1.165) is 36.3 Å². The zero-order chi connectivity index (χ0) is 23.5. The number of nitrogen functional groups attached to an aromatic ring is 3. The summed E-state index contributed by atoms with van der Waals surface area (Å²) in [6.07, 6.45) is 2.71. The molecular weight excluding hydrogens is 402 g/mol. The Morgan fingerprint density at radius 1 is 0.394 bits per heavy atom. The highest BCUT2D eigenvalue weighted by molar-refractivity contribution is 5.83. The molecule has 6 N–H and O–H groups in total. The van der Waals surface area contributed by atoms with Gasteiger partial charge in [0.25, 0.3) is 0 Å². The average molecular weight is 436 g/mol. The van der Waals surface area contributed by atoms with E-state index in [9.17, 15) is 0 Å². The molecule has 0 bridgehead atoms. The van der Waals surface area contributed by atoms with Crippen molar-refractivity contribution in [2.45, 2.75) is 40.0 Å². The lowest BCUT2D eigenvalue weighted by Crippen LogP contribution is -1.95. The SMILES string of the molecule is CCc1cc(-c2cc(-c3ccc(N)c(CC)c3)cc(-c3ccc(N)c(CC)c3)c2)ccc1N. The molecule has 0 amide bonds. The molecule has 0 fully saturated rings. The van der Waals surface area contributed by atoms with Crippen LogP contribution in [0.2, 0.25) is 0 Å². The second-order valence-corrected chi connectivity index (χ2v) is 8.60. The predicted molar refractivity (Wildman–Crippen MR) is 144 cm³/mol. The van der Waals surface area contributed by atoms with Gasteiger partial charge in [-0.1, -0.05) is 39.0 Å². The molecule has 4 aromatic rings. The fourth-order valence-electron chi connectivity index (χ4n) is 4.40. The lowest BCUT2D eigenvalue weighted by Gasteiger charge is -2.15. The minimum Gasteiger partial charge on any atom is -0.399 e. The van der Waals surface area contributed by atoms with Crippen molar-refractivity contribution in [1.82, 2.24) is 0 Å². The Hall–Kier alpha value is -3.72. The Balaban J connectivity index is 1.94. The molecule has 33 heavy (non-hydrogen) atoms. The van der Waals surface area contributed by atoms with Crippen LogP contribution in [0.5, 0.6) is 0 Å². The number of nitrogens with two attached hydrogens (primary N) is 3. The van der Waals surface area contributed by atoms with E-state index in [4.69, 9.17) is 17.2 Å². The van der Waals surface area contributed by atoms with E-state index in [1.807, 2.05) is 18.2 Å². The number of anilines is 3. The van der Waals surface area contributed by atoms with Crippen molar-refractivity contribution in [1.29, 1.82) is 0 Å². The minimum atomic E-state index is 0.842. The molecule has 168 valence electrons. The van der Waals surface area contributed by atoms with Gasteiger partial charge >= 0.3 is 0 Å². The molecule has 0 radical (unpaired) electrons. The summed E-state index contributed by atoms with van der Waals surface area (Å²) in [6, 6.07) is 25.8. The molecule has 0 atom stereocenters. The lowest BCUT2D eigenvalue weighted by molar-refractivity contribution is 1.14. The maximum Gasteiger partial charge on any atom is 0.0346 e. The van der Waals surface area contributed by atoms with E-state index in [2.05, 4.69) is 75.4 Å². The van der Waals surface area contributed by atoms with Crippen molar-refractivity contribution in [3.8, 4) is 33.4 Å². The Morgan fingerprint density at radius 3 is 0.909 bits per heavy atom. The Labute approximate surface area is 197 Å². The largest absolute Gasteiger partial charge is 0.399 e. The van der Waals surface area contributed by atoms with E-state index in [1.165, 1.54) is 50.1 Å². The summed E-state index contributed by atoms with van der Waals surface area (Å²) in [5, 5.41) is 0. The van der Waals surface area contributed by atoms with Gasteiger partial charge in [0.2, 0.25) is 0 Å². The van der Waals surface area contributed by atoms with Crippen molar-refractivity contribution in [3.63, 3.8) is 0 Å². The first-order valence-electron chi connectivity index (χ1n) is 11.7. The van der Waals surface area contributed by atoms with Crippen LogP contribution >= 0.6 is 0 Å².